The maximum atomic E-state index is 12.9. The summed E-state index contributed by atoms with van der Waals surface area (Å²) in [6.07, 6.45) is -4.22. The van der Waals surface area contributed by atoms with Crippen LogP contribution in [-0.2, 0) is 11.3 Å². The number of alkyl halides is 3. The van der Waals surface area contributed by atoms with Gasteiger partial charge in [0.05, 0.1) is 0 Å². The van der Waals surface area contributed by atoms with Crippen LogP contribution < -0.4 is 10.1 Å². The molecule has 1 N–H and O–H groups in total. The third-order valence-electron chi connectivity index (χ3n) is 5.06. The molecule has 176 valence electrons. The van der Waals surface area contributed by atoms with Crippen LogP contribution in [0.25, 0.3) is 0 Å². The van der Waals surface area contributed by atoms with Crippen LogP contribution in [0.15, 0.2) is 29.3 Å². The standard InChI is InChI=1S/C20H30F3N5O2.HI/c1-15(20(21,22)23)27-8-10-28(11-9-27)19(24-2)25-13-16-6-5-7-17(12-16)30-14-18(29)26(3)4;/h5-7,12,15H,8-11,13-14H2,1-4H3,(H,24,25);1H. The number of hydrogen-bond donors (Lipinski definition) is 1. The zero-order valence-electron chi connectivity index (χ0n) is 18.3. The van der Waals surface area contributed by atoms with E-state index >= 15 is 0 Å². The Hall–Kier alpha value is -1.76. The van der Waals surface area contributed by atoms with Crippen LogP contribution >= 0.6 is 24.0 Å². The Morgan fingerprint density at radius 2 is 1.90 bits per heavy atom. The van der Waals surface area contributed by atoms with Gasteiger partial charge in [0.1, 0.15) is 11.8 Å². The summed E-state index contributed by atoms with van der Waals surface area (Å²) >= 11 is 0. The van der Waals surface area contributed by atoms with E-state index in [4.69, 9.17) is 4.74 Å². The number of aliphatic imine (C=N–C) groups is 1. The number of rotatable bonds is 6. The van der Waals surface area contributed by atoms with E-state index in [0.717, 1.165) is 5.56 Å². The van der Waals surface area contributed by atoms with Gasteiger partial charge < -0.3 is 19.9 Å². The highest BCUT2D eigenvalue weighted by atomic mass is 127. The Morgan fingerprint density at radius 1 is 1.26 bits per heavy atom. The van der Waals surface area contributed by atoms with Crippen molar-refractivity contribution in [2.24, 2.45) is 4.99 Å². The second-order valence-electron chi connectivity index (χ2n) is 7.37. The highest BCUT2D eigenvalue weighted by Crippen LogP contribution is 2.25. The number of ether oxygens (including phenoxy) is 1. The van der Waals surface area contributed by atoms with Gasteiger partial charge in [-0.2, -0.15) is 13.2 Å². The first-order valence-electron chi connectivity index (χ1n) is 9.80. The molecular formula is C20H31F3IN5O2. The molecule has 0 bridgehead atoms. The van der Waals surface area contributed by atoms with Crippen LogP contribution in [0.2, 0.25) is 0 Å². The van der Waals surface area contributed by atoms with E-state index in [1.807, 2.05) is 23.1 Å². The molecule has 0 saturated carbocycles. The fourth-order valence-corrected chi connectivity index (χ4v) is 3.06. The Balaban J connectivity index is 0.00000480. The van der Waals surface area contributed by atoms with Crippen LogP contribution in [0.3, 0.4) is 0 Å². The van der Waals surface area contributed by atoms with E-state index < -0.39 is 12.2 Å². The average Bonchev–Trinajstić information content (AvgIpc) is 2.72. The second-order valence-corrected chi connectivity index (χ2v) is 7.37. The van der Waals surface area contributed by atoms with Crippen molar-refractivity contribution in [3.05, 3.63) is 29.8 Å². The first-order valence-corrected chi connectivity index (χ1v) is 9.80. The molecule has 1 saturated heterocycles. The van der Waals surface area contributed by atoms with E-state index in [9.17, 15) is 18.0 Å². The number of piperazine rings is 1. The first-order chi connectivity index (χ1) is 14.1. The molecule has 31 heavy (non-hydrogen) atoms. The van der Waals surface area contributed by atoms with E-state index in [1.54, 1.807) is 27.2 Å². The van der Waals surface area contributed by atoms with Crippen molar-refractivity contribution in [3.63, 3.8) is 0 Å². The summed E-state index contributed by atoms with van der Waals surface area (Å²) in [6.45, 7) is 3.22. The lowest BCUT2D eigenvalue weighted by Gasteiger charge is -2.39. The Kier molecular flexibility index (Phi) is 10.8. The van der Waals surface area contributed by atoms with Gasteiger partial charge in [0.2, 0.25) is 0 Å². The average molecular weight is 557 g/mol. The Labute approximate surface area is 198 Å². The molecule has 1 heterocycles. The topological polar surface area (TPSA) is 60.4 Å². The summed E-state index contributed by atoms with van der Waals surface area (Å²) in [6, 6.07) is 5.93. The maximum absolute atomic E-state index is 12.9. The van der Waals surface area contributed by atoms with Crippen LogP contribution in [0.4, 0.5) is 13.2 Å². The van der Waals surface area contributed by atoms with Gasteiger partial charge in [-0.05, 0) is 24.6 Å². The van der Waals surface area contributed by atoms with Crippen molar-refractivity contribution in [1.82, 2.24) is 20.0 Å². The number of amides is 1. The quantitative estimate of drug-likeness (QED) is 0.331. The number of nitrogens with zero attached hydrogens (tertiary/aromatic N) is 4. The second kappa shape index (κ2) is 12.3. The lowest BCUT2D eigenvalue weighted by atomic mass is 10.2. The molecule has 1 aromatic carbocycles. The zero-order valence-corrected chi connectivity index (χ0v) is 20.6. The minimum atomic E-state index is -4.22. The molecule has 0 spiro atoms. The molecule has 11 heteroatoms. The van der Waals surface area contributed by atoms with E-state index in [0.29, 0.717) is 44.4 Å². The summed E-state index contributed by atoms with van der Waals surface area (Å²) in [5.74, 6) is 1.11. The molecule has 7 nitrogen and oxygen atoms in total. The number of carbonyl (C=O) groups is 1. The number of carbonyl (C=O) groups excluding carboxylic acids is 1. The summed E-state index contributed by atoms with van der Waals surface area (Å²) < 4.78 is 44.3. The fourth-order valence-electron chi connectivity index (χ4n) is 3.06. The Morgan fingerprint density at radius 3 is 2.45 bits per heavy atom. The minimum absolute atomic E-state index is 0. The number of benzene rings is 1. The SMILES string of the molecule is CN=C(NCc1cccc(OCC(=O)N(C)C)c1)N1CCN(C(C)C(F)(F)F)CC1.I. The molecule has 1 aromatic rings. The number of hydrogen-bond acceptors (Lipinski definition) is 4. The number of halogens is 4. The van der Waals surface area contributed by atoms with Crippen LogP contribution in [0, 0.1) is 0 Å². The Bertz CT molecular complexity index is 738. The molecule has 1 unspecified atom stereocenters. The first kappa shape index (κ1) is 27.3. The molecule has 0 aliphatic carbocycles. The summed E-state index contributed by atoms with van der Waals surface area (Å²) in [4.78, 5) is 20.8. The van der Waals surface area contributed by atoms with Gasteiger partial charge in [0, 0.05) is 53.9 Å². The van der Waals surface area contributed by atoms with Gasteiger partial charge in [0.15, 0.2) is 12.6 Å². The van der Waals surface area contributed by atoms with Crippen LogP contribution in [0.1, 0.15) is 12.5 Å². The van der Waals surface area contributed by atoms with Gasteiger partial charge in [-0.1, -0.05) is 12.1 Å². The normalized spacial score (nSPS) is 16.4. The highest BCUT2D eigenvalue weighted by Gasteiger charge is 2.41. The van der Waals surface area contributed by atoms with E-state index in [-0.39, 0.29) is 36.5 Å². The van der Waals surface area contributed by atoms with Gasteiger partial charge in [-0.25, -0.2) is 0 Å². The van der Waals surface area contributed by atoms with Gasteiger partial charge in [-0.15, -0.1) is 24.0 Å². The summed E-state index contributed by atoms with van der Waals surface area (Å²) in [5, 5.41) is 3.24. The number of nitrogens with one attached hydrogen (secondary N) is 1. The van der Waals surface area contributed by atoms with Crippen molar-refractivity contribution in [3.8, 4) is 5.75 Å². The zero-order chi connectivity index (χ0) is 22.3. The van der Waals surface area contributed by atoms with Crippen molar-refractivity contribution in [2.75, 3.05) is 53.9 Å². The molecule has 1 aliphatic rings. The molecule has 2 rings (SSSR count). The molecular weight excluding hydrogens is 526 g/mol. The van der Waals surface area contributed by atoms with Gasteiger partial charge in [0.25, 0.3) is 5.91 Å². The third kappa shape index (κ3) is 8.36. The number of guanidine groups is 1. The lowest BCUT2D eigenvalue weighted by Crippen LogP contribution is -2.56. The smallest absolute Gasteiger partial charge is 0.403 e. The molecule has 0 aromatic heterocycles. The molecule has 1 amide bonds. The minimum Gasteiger partial charge on any atom is -0.484 e. The molecule has 1 atom stereocenters. The number of likely N-dealkylation sites (N-methyl/N-ethyl adjacent to an activating group) is 1. The molecule has 0 radical (unpaired) electrons. The maximum Gasteiger partial charge on any atom is 0.403 e. The predicted octanol–water partition coefficient (Wildman–Crippen LogP) is 2.42. The molecule has 1 aliphatic heterocycles. The van der Waals surface area contributed by atoms with Gasteiger partial charge in [-0.3, -0.25) is 14.7 Å². The van der Waals surface area contributed by atoms with Crippen molar-refractivity contribution in [2.45, 2.75) is 25.7 Å². The van der Waals surface area contributed by atoms with Crippen molar-refractivity contribution < 1.29 is 22.7 Å². The van der Waals surface area contributed by atoms with Crippen LogP contribution in [0.5, 0.6) is 5.75 Å². The predicted molar refractivity (Wildman–Crippen MR) is 125 cm³/mol. The molecule has 1 fully saturated rings. The van der Waals surface area contributed by atoms with Crippen molar-refractivity contribution in [1.29, 1.82) is 0 Å². The van der Waals surface area contributed by atoms with Crippen molar-refractivity contribution >= 4 is 35.8 Å². The van der Waals surface area contributed by atoms with E-state index in [2.05, 4.69) is 10.3 Å². The fraction of sp³-hybridized carbons (Fsp3) is 0.600. The highest BCUT2D eigenvalue weighted by molar-refractivity contribution is 14.0. The summed E-state index contributed by atoms with van der Waals surface area (Å²) in [7, 11) is 4.99. The van der Waals surface area contributed by atoms with E-state index in [1.165, 1.54) is 16.7 Å². The summed E-state index contributed by atoms with van der Waals surface area (Å²) in [5.41, 5.74) is 0.940. The lowest BCUT2D eigenvalue weighted by molar-refractivity contribution is -0.181. The van der Waals surface area contributed by atoms with Crippen LogP contribution in [-0.4, -0.2) is 92.7 Å². The third-order valence-corrected chi connectivity index (χ3v) is 5.06. The van der Waals surface area contributed by atoms with Gasteiger partial charge >= 0.3 is 6.18 Å². The monoisotopic (exact) mass is 557 g/mol. The largest absolute Gasteiger partial charge is 0.484 e.